The molecule has 138 valence electrons. The zero-order chi connectivity index (χ0) is 18.9. The Morgan fingerprint density at radius 3 is 2.52 bits per heavy atom. The molecule has 8 heteroatoms. The van der Waals surface area contributed by atoms with Crippen molar-refractivity contribution in [2.45, 2.75) is 13.0 Å². The van der Waals surface area contributed by atoms with Crippen LogP contribution in [0.15, 0.2) is 61.1 Å². The summed E-state index contributed by atoms with van der Waals surface area (Å²) < 4.78 is 18.4. The Kier molecular flexibility index (Phi) is 6.24. The van der Waals surface area contributed by atoms with Gasteiger partial charge in [-0.05, 0) is 35.9 Å². The topological polar surface area (TPSA) is 89.0 Å². The Bertz CT molecular complexity index is 858. The highest BCUT2D eigenvalue weighted by Crippen LogP contribution is 2.19. The van der Waals surface area contributed by atoms with Crippen molar-refractivity contribution < 1.29 is 13.9 Å². The quantitative estimate of drug-likeness (QED) is 0.636. The molecular weight excluding hydrogens is 349 g/mol. The van der Waals surface area contributed by atoms with Crippen LogP contribution in [-0.4, -0.2) is 27.4 Å². The van der Waals surface area contributed by atoms with Gasteiger partial charge in [0.2, 0.25) is 17.7 Å². The van der Waals surface area contributed by atoms with Crippen molar-refractivity contribution in [3.05, 3.63) is 72.4 Å². The minimum absolute atomic E-state index is 0.0925. The molecule has 27 heavy (non-hydrogen) atoms. The van der Waals surface area contributed by atoms with Crippen LogP contribution in [0.2, 0.25) is 0 Å². The van der Waals surface area contributed by atoms with Gasteiger partial charge in [0, 0.05) is 44.2 Å². The van der Waals surface area contributed by atoms with Crippen LogP contribution in [0.25, 0.3) is 0 Å². The lowest BCUT2D eigenvalue weighted by molar-refractivity contribution is -0.121. The molecule has 2 aromatic heterocycles. The third-order valence-electron chi connectivity index (χ3n) is 3.52. The average Bonchev–Trinajstić information content (AvgIpc) is 2.70. The van der Waals surface area contributed by atoms with Crippen molar-refractivity contribution in [2.75, 3.05) is 11.9 Å². The number of benzene rings is 1. The van der Waals surface area contributed by atoms with E-state index in [9.17, 15) is 9.18 Å². The van der Waals surface area contributed by atoms with Crippen LogP contribution in [0.5, 0.6) is 11.6 Å². The Balaban J connectivity index is 1.40. The fraction of sp³-hybridized carbons (Fsp3) is 0.158. The molecule has 0 aliphatic heterocycles. The molecule has 3 rings (SSSR count). The third-order valence-corrected chi connectivity index (χ3v) is 3.52. The number of ether oxygens (including phenoxy) is 1. The molecule has 0 atom stereocenters. The molecule has 1 amide bonds. The lowest BCUT2D eigenvalue weighted by atomic mass is 10.2. The Labute approximate surface area is 155 Å². The van der Waals surface area contributed by atoms with Gasteiger partial charge in [-0.1, -0.05) is 6.07 Å². The number of amides is 1. The Morgan fingerprint density at radius 1 is 1.04 bits per heavy atom. The SMILES string of the molecule is O=C(CCNc1ncccn1)NCc1ccc(Oc2ccc(F)cc2)nc1. The molecule has 2 N–H and O–H groups in total. The lowest BCUT2D eigenvalue weighted by Gasteiger charge is -2.08. The summed E-state index contributed by atoms with van der Waals surface area (Å²) in [5.74, 6) is 0.966. The smallest absolute Gasteiger partial charge is 0.222 e. The van der Waals surface area contributed by atoms with Gasteiger partial charge in [-0.15, -0.1) is 0 Å². The van der Waals surface area contributed by atoms with Crippen molar-refractivity contribution in [1.82, 2.24) is 20.3 Å². The number of hydrogen-bond acceptors (Lipinski definition) is 6. The molecule has 1 aromatic carbocycles. The second-order valence-electron chi connectivity index (χ2n) is 5.59. The summed E-state index contributed by atoms with van der Waals surface area (Å²) in [7, 11) is 0. The molecule has 3 aromatic rings. The van der Waals surface area contributed by atoms with E-state index in [1.807, 2.05) is 6.07 Å². The zero-order valence-electron chi connectivity index (χ0n) is 14.4. The molecular formula is C19H18FN5O2. The first kappa shape index (κ1) is 18.2. The minimum Gasteiger partial charge on any atom is -0.439 e. The van der Waals surface area contributed by atoms with Gasteiger partial charge in [-0.3, -0.25) is 4.79 Å². The highest BCUT2D eigenvalue weighted by molar-refractivity contribution is 5.76. The number of halogens is 1. The van der Waals surface area contributed by atoms with Gasteiger partial charge < -0.3 is 15.4 Å². The van der Waals surface area contributed by atoms with E-state index in [1.54, 1.807) is 30.7 Å². The fourth-order valence-electron chi connectivity index (χ4n) is 2.17. The summed E-state index contributed by atoms with van der Waals surface area (Å²) >= 11 is 0. The monoisotopic (exact) mass is 367 g/mol. The Morgan fingerprint density at radius 2 is 1.81 bits per heavy atom. The molecule has 7 nitrogen and oxygen atoms in total. The average molecular weight is 367 g/mol. The molecule has 0 unspecified atom stereocenters. The lowest BCUT2D eigenvalue weighted by Crippen LogP contribution is -2.25. The van der Waals surface area contributed by atoms with Crippen LogP contribution in [0, 0.1) is 5.82 Å². The third kappa shape index (κ3) is 6.03. The number of anilines is 1. The van der Waals surface area contributed by atoms with Gasteiger partial charge in [0.05, 0.1) is 0 Å². The van der Waals surface area contributed by atoms with E-state index in [-0.39, 0.29) is 11.7 Å². The molecule has 0 fully saturated rings. The standard InChI is InChI=1S/C19H18FN5O2/c20-15-3-5-16(6-4-15)27-18-7-2-14(13-25-18)12-24-17(26)8-11-23-19-21-9-1-10-22-19/h1-7,9-10,13H,8,11-12H2,(H,24,26)(H,21,22,23). The number of nitrogens with zero attached hydrogens (tertiary/aromatic N) is 3. The second kappa shape index (κ2) is 9.23. The number of pyridine rings is 1. The van der Waals surface area contributed by atoms with Crippen molar-refractivity contribution in [1.29, 1.82) is 0 Å². The number of aromatic nitrogens is 3. The number of carbonyl (C=O) groups is 1. The molecule has 0 radical (unpaired) electrons. The van der Waals surface area contributed by atoms with E-state index in [2.05, 4.69) is 25.6 Å². The minimum atomic E-state index is -0.326. The van der Waals surface area contributed by atoms with Crippen LogP contribution in [0.3, 0.4) is 0 Å². The van der Waals surface area contributed by atoms with Crippen LogP contribution in [0.4, 0.5) is 10.3 Å². The van der Waals surface area contributed by atoms with Crippen LogP contribution < -0.4 is 15.4 Å². The van der Waals surface area contributed by atoms with Gasteiger partial charge >= 0.3 is 0 Å². The van der Waals surface area contributed by atoms with Gasteiger partial charge in [0.1, 0.15) is 11.6 Å². The largest absolute Gasteiger partial charge is 0.439 e. The number of hydrogen-bond donors (Lipinski definition) is 2. The van der Waals surface area contributed by atoms with E-state index >= 15 is 0 Å². The Hall–Kier alpha value is -3.55. The summed E-state index contributed by atoms with van der Waals surface area (Å²) in [6.07, 6.45) is 5.18. The van der Waals surface area contributed by atoms with Crippen molar-refractivity contribution in [2.24, 2.45) is 0 Å². The highest BCUT2D eigenvalue weighted by atomic mass is 19.1. The van der Waals surface area contributed by atoms with Gasteiger partial charge in [-0.2, -0.15) is 0 Å². The predicted octanol–water partition coefficient (Wildman–Crippen LogP) is 2.92. The normalized spacial score (nSPS) is 10.3. The first-order chi connectivity index (χ1) is 13.2. The van der Waals surface area contributed by atoms with Crippen LogP contribution in [-0.2, 0) is 11.3 Å². The summed E-state index contributed by atoms with van der Waals surface area (Å²) in [4.78, 5) is 24.1. The van der Waals surface area contributed by atoms with E-state index < -0.39 is 0 Å². The van der Waals surface area contributed by atoms with Gasteiger partial charge in [-0.25, -0.2) is 19.3 Å². The summed E-state index contributed by atoms with van der Waals surface area (Å²) in [5.41, 5.74) is 0.842. The molecule has 0 saturated carbocycles. The van der Waals surface area contributed by atoms with E-state index in [0.717, 1.165) is 5.56 Å². The van der Waals surface area contributed by atoms with Gasteiger partial charge in [0.25, 0.3) is 0 Å². The maximum Gasteiger partial charge on any atom is 0.222 e. The number of rotatable bonds is 8. The van der Waals surface area contributed by atoms with Gasteiger partial charge in [0.15, 0.2) is 0 Å². The fourth-order valence-corrected chi connectivity index (χ4v) is 2.17. The summed E-state index contributed by atoms with van der Waals surface area (Å²) in [6.45, 7) is 0.809. The summed E-state index contributed by atoms with van der Waals surface area (Å²) in [5, 5.41) is 5.79. The zero-order valence-corrected chi connectivity index (χ0v) is 14.4. The second-order valence-corrected chi connectivity index (χ2v) is 5.59. The highest BCUT2D eigenvalue weighted by Gasteiger charge is 2.04. The predicted molar refractivity (Wildman–Crippen MR) is 97.7 cm³/mol. The molecule has 2 heterocycles. The molecule has 0 bridgehead atoms. The van der Waals surface area contributed by atoms with Crippen molar-refractivity contribution in [3.63, 3.8) is 0 Å². The van der Waals surface area contributed by atoms with Crippen molar-refractivity contribution in [3.8, 4) is 11.6 Å². The van der Waals surface area contributed by atoms with E-state index in [0.29, 0.717) is 37.1 Å². The maximum absolute atomic E-state index is 12.9. The molecule has 0 saturated heterocycles. The summed E-state index contributed by atoms with van der Waals surface area (Å²) in [6, 6.07) is 10.9. The van der Waals surface area contributed by atoms with Crippen LogP contribution >= 0.6 is 0 Å². The molecule has 0 aliphatic carbocycles. The first-order valence-corrected chi connectivity index (χ1v) is 8.35. The number of carbonyl (C=O) groups excluding carboxylic acids is 1. The molecule has 0 spiro atoms. The van der Waals surface area contributed by atoms with E-state index in [4.69, 9.17) is 4.74 Å². The first-order valence-electron chi connectivity index (χ1n) is 8.35. The maximum atomic E-state index is 12.9. The number of nitrogens with one attached hydrogen (secondary N) is 2. The van der Waals surface area contributed by atoms with Crippen molar-refractivity contribution >= 4 is 11.9 Å². The van der Waals surface area contributed by atoms with Crippen LogP contribution in [0.1, 0.15) is 12.0 Å². The van der Waals surface area contributed by atoms with E-state index in [1.165, 1.54) is 24.3 Å². The molecule has 0 aliphatic rings.